The van der Waals surface area contributed by atoms with Crippen LogP contribution in [0.25, 0.3) is 0 Å². The number of guanidine groups is 1. The lowest BCUT2D eigenvalue weighted by atomic mass is 9.72. The van der Waals surface area contributed by atoms with E-state index in [2.05, 4.69) is 22.2 Å². The molecule has 3 aliphatic heterocycles. The number of nitrogens with zero attached hydrogens (tertiary/aromatic N) is 1. The maximum absolute atomic E-state index is 13.5. The van der Waals surface area contributed by atoms with Crippen LogP contribution in [0.5, 0.6) is 0 Å². The van der Waals surface area contributed by atoms with Crippen LogP contribution in [-0.4, -0.2) is 122 Å². The zero-order valence-electron chi connectivity index (χ0n) is 32.2. The summed E-state index contributed by atoms with van der Waals surface area (Å²) >= 11 is 0. The van der Waals surface area contributed by atoms with Crippen molar-refractivity contribution < 1.29 is 57.8 Å². The number of ketones is 1. The molecule has 2 amide bonds. The third kappa shape index (κ3) is 11.6. The number of aliphatic hydroxyl groups is 1. The highest BCUT2D eigenvalue weighted by atomic mass is 16.7. The number of Topliss-reactive ketones (excluding diaryl/α,β-unsaturated/α-hetero) is 1. The number of aliphatic imine (C=N–C) groups is 1. The minimum absolute atomic E-state index is 0.00820. The van der Waals surface area contributed by atoms with Gasteiger partial charge in [0.15, 0.2) is 18.3 Å². The fourth-order valence-corrected chi connectivity index (χ4v) is 6.91. The number of aliphatic hydroxyl groups excluding tert-OH is 1. The Labute approximate surface area is 316 Å². The number of hydrogen-bond acceptors (Lipinski definition) is 12. The Bertz CT molecular complexity index is 1420. The first-order valence-electron chi connectivity index (χ1n) is 18.2. The minimum atomic E-state index is -1.72. The lowest BCUT2D eigenvalue weighted by Crippen LogP contribution is -2.69. The van der Waals surface area contributed by atoms with Gasteiger partial charge in [-0.1, -0.05) is 51.2 Å². The number of carboxylic acid groups (broad SMARTS) is 1. The number of methoxy groups -OCH3 is 2. The Morgan fingerprint density at radius 1 is 1.11 bits per heavy atom. The van der Waals surface area contributed by atoms with Crippen molar-refractivity contribution in [3.8, 4) is 0 Å². The maximum Gasteiger partial charge on any atom is 0.326 e. The van der Waals surface area contributed by atoms with Crippen molar-refractivity contribution in [3.63, 3.8) is 0 Å². The lowest BCUT2D eigenvalue weighted by Gasteiger charge is -2.54. The van der Waals surface area contributed by atoms with Crippen molar-refractivity contribution >= 4 is 29.5 Å². The van der Waals surface area contributed by atoms with E-state index in [1.807, 2.05) is 27.7 Å². The van der Waals surface area contributed by atoms with Crippen LogP contribution in [0.1, 0.15) is 72.6 Å². The monoisotopic (exact) mass is 765 g/mol. The molecule has 0 radical (unpaired) electrons. The number of amides is 2. The average Bonchev–Trinajstić information content (AvgIpc) is 3.11. The van der Waals surface area contributed by atoms with Crippen molar-refractivity contribution in [2.24, 2.45) is 27.8 Å². The number of rotatable bonds is 19. The first-order chi connectivity index (χ1) is 25.5. The SMILES string of the molecule is C=C1CC(OC)(C(O)C(=O)NC2OCOC3C2OC(CC(=O)CCCC=CC=CC(=O)NC(CCCN=C(N)N)C(=O)O)C(C)(C)C3OC)OC(C)C1C. The summed E-state index contributed by atoms with van der Waals surface area (Å²) in [5, 5.41) is 25.7. The zero-order valence-corrected chi connectivity index (χ0v) is 32.2. The molecule has 3 saturated heterocycles. The van der Waals surface area contributed by atoms with E-state index in [4.69, 9.17) is 39.9 Å². The average molecular weight is 766 g/mol. The molecule has 304 valence electrons. The van der Waals surface area contributed by atoms with E-state index < -0.39 is 71.8 Å². The molecule has 0 spiro atoms. The highest BCUT2D eigenvalue weighted by molar-refractivity contribution is 5.91. The molecular weight excluding hydrogens is 706 g/mol. The van der Waals surface area contributed by atoms with Gasteiger partial charge in [-0.15, -0.1) is 0 Å². The van der Waals surface area contributed by atoms with Crippen molar-refractivity contribution in [2.45, 2.75) is 127 Å². The molecule has 3 rings (SSSR count). The van der Waals surface area contributed by atoms with E-state index >= 15 is 0 Å². The lowest BCUT2D eigenvalue weighted by molar-refractivity contribution is -0.330. The molecule has 0 saturated carbocycles. The number of carbonyl (C=O) groups is 4. The van der Waals surface area contributed by atoms with Gasteiger partial charge in [-0.2, -0.15) is 0 Å². The molecule has 0 aromatic heterocycles. The van der Waals surface area contributed by atoms with Crippen molar-refractivity contribution in [2.75, 3.05) is 27.6 Å². The molecule has 3 aliphatic rings. The van der Waals surface area contributed by atoms with Crippen LogP contribution in [0.15, 0.2) is 41.4 Å². The van der Waals surface area contributed by atoms with Crippen LogP contribution >= 0.6 is 0 Å². The van der Waals surface area contributed by atoms with Crippen molar-refractivity contribution in [3.05, 3.63) is 36.5 Å². The van der Waals surface area contributed by atoms with Gasteiger partial charge in [0, 0.05) is 57.4 Å². The predicted octanol–water partition coefficient (Wildman–Crippen LogP) is 1.18. The van der Waals surface area contributed by atoms with Crippen LogP contribution < -0.4 is 22.1 Å². The summed E-state index contributed by atoms with van der Waals surface area (Å²) < 4.78 is 35.7. The molecule has 8 N–H and O–H groups in total. The Balaban J connectivity index is 1.54. The van der Waals surface area contributed by atoms with E-state index in [9.17, 15) is 29.4 Å². The molecule has 3 fully saturated rings. The number of nitrogens with two attached hydrogens (primary N) is 2. The number of ether oxygens (including phenoxy) is 6. The molecule has 0 bridgehead atoms. The smallest absolute Gasteiger partial charge is 0.326 e. The van der Waals surface area contributed by atoms with Gasteiger partial charge < -0.3 is 60.7 Å². The molecule has 0 aromatic rings. The normalized spacial score (nSPS) is 30.6. The summed E-state index contributed by atoms with van der Waals surface area (Å²) in [6.07, 6.45) is 2.46. The second-order valence-electron chi connectivity index (χ2n) is 14.5. The summed E-state index contributed by atoms with van der Waals surface area (Å²) in [4.78, 5) is 54.1. The number of carboxylic acids is 1. The molecule has 17 nitrogen and oxygen atoms in total. The molecule has 54 heavy (non-hydrogen) atoms. The number of unbranched alkanes of at least 4 members (excludes halogenated alkanes) is 1. The number of aliphatic carboxylic acids is 1. The standard InChI is InChI=1S/C37H59N5O12/c1-21-19-37(50-7,54-23(3)22(21)2)30(45)32(46)42-33-29-28(51-20-52-33)31(49-6)36(4,5)26(53-29)18-24(43)14-11-9-8-10-12-16-27(44)41-25(34(47)48)15-13-17-40-35(38)39/h8,10,12,16,22-23,25-26,28-31,33,45H,1,9,11,13-15,17-20H2,2-7H3,(H,41,44)(H,42,46)(H,47,48)(H4,38,39,40). The van der Waals surface area contributed by atoms with Crippen molar-refractivity contribution in [1.29, 1.82) is 0 Å². The van der Waals surface area contributed by atoms with Gasteiger partial charge in [-0.3, -0.25) is 19.4 Å². The van der Waals surface area contributed by atoms with Crippen LogP contribution in [-0.2, 0) is 47.6 Å². The highest BCUT2D eigenvalue weighted by Crippen LogP contribution is 2.44. The summed E-state index contributed by atoms with van der Waals surface area (Å²) in [6, 6.07) is -1.08. The van der Waals surface area contributed by atoms with Crippen molar-refractivity contribution in [1.82, 2.24) is 10.6 Å². The summed E-state index contributed by atoms with van der Waals surface area (Å²) in [5.74, 6) is -4.28. The number of nitrogens with one attached hydrogen (secondary N) is 2. The second kappa shape index (κ2) is 20.3. The maximum atomic E-state index is 13.5. The number of carbonyl (C=O) groups excluding carboxylic acids is 3. The highest BCUT2D eigenvalue weighted by Gasteiger charge is 2.57. The quantitative estimate of drug-likeness (QED) is 0.0270. The Hall–Kier alpha value is -3.71. The molecule has 0 aromatic carbocycles. The van der Waals surface area contributed by atoms with Gasteiger partial charge in [0.25, 0.3) is 5.91 Å². The molecule has 3 heterocycles. The van der Waals surface area contributed by atoms with Crippen LogP contribution in [0, 0.1) is 11.3 Å². The van der Waals surface area contributed by atoms with Gasteiger partial charge in [0.2, 0.25) is 11.7 Å². The molecular formula is C37H59N5O12. The molecule has 0 aliphatic carbocycles. The molecule has 10 unspecified atom stereocenters. The van der Waals surface area contributed by atoms with Gasteiger partial charge in [0.1, 0.15) is 30.8 Å². The number of hydrogen-bond donors (Lipinski definition) is 6. The minimum Gasteiger partial charge on any atom is -0.480 e. The van der Waals surface area contributed by atoms with Crippen LogP contribution in [0.3, 0.4) is 0 Å². The van der Waals surface area contributed by atoms with E-state index in [1.54, 1.807) is 19.3 Å². The van der Waals surface area contributed by atoms with E-state index in [-0.39, 0.29) is 62.8 Å². The first-order valence-corrected chi connectivity index (χ1v) is 18.2. The van der Waals surface area contributed by atoms with E-state index in [0.29, 0.717) is 19.3 Å². The van der Waals surface area contributed by atoms with Crippen LogP contribution in [0.2, 0.25) is 0 Å². The van der Waals surface area contributed by atoms with Gasteiger partial charge in [0.05, 0.1) is 18.3 Å². The Kier molecular flexibility index (Phi) is 16.8. The number of fused-ring (bicyclic) bond motifs is 1. The predicted molar refractivity (Wildman–Crippen MR) is 196 cm³/mol. The fourth-order valence-electron chi connectivity index (χ4n) is 6.91. The largest absolute Gasteiger partial charge is 0.480 e. The zero-order chi connectivity index (χ0) is 40.2. The first kappa shape index (κ1) is 44.7. The second-order valence-corrected chi connectivity index (χ2v) is 14.5. The third-order valence-corrected chi connectivity index (χ3v) is 10.4. The van der Waals surface area contributed by atoms with Gasteiger partial charge >= 0.3 is 5.97 Å². The Morgan fingerprint density at radius 2 is 1.83 bits per heavy atom. The third-order valence-electron chi connectivity index (χ3n) is 10.4. The Morgan fingerprint density at radius 3 is 2.46 bits per heavy atom. The van der Waals surface area contributed by atoms with Gasteiger partial charge in [-0.25, -0.2) is 4.79 Å². The summed E-state index contributed by atoms with van der Waals surface area (Å²) in [5.41, 5.74) is 10.6. The van der Waals surface area contributed by atoms with E-state index in [0.717, 1.165) is 5.57 Å². The van der Waals surface area contributed by atoms with Crippen LogP contribution in [0.4, 0.5) is 0 Å². The molecule has 10 atom stereocenters. The summed E-state index contributed by atoms with van der Waals surface area (Å²) in [6.45, 7) is 11.8. The van der Waals surface area contributed by atoms with E-state index in [1.165, 1.54) is 19.3 Å². The number of allylic oxidation sites excluding steroid dienone is 3. The molecule has 17 heteroatoms. The topological polar surface area (TPSA) is 253 Å². The van der Waals surface area contributed by atoms with Gasteiger partial charge in [-0.05, 0) is 32.6 Å². The fraction of sp³-hybridized carbons (Fsp3) is 0.703. The summed E-state index contributed by atoms with van der Waals surface area (Å²) in [7, 11) is 2.91.